The number of rotatable bonds is 4. The predicted octanol–water partition coefficient (Wildman–Crippen LogP) is 2.14. The Morgan fingerprint density at radius 2 is 1.96 bits per heavy atom. The summed E-state index contributed by atoms with van der Waals surface area (Å²) in [5.74, 6) is 0.302. The van der Waals surface area contributed by atoms with Crippen molar-refractivity contribution >= 4 is 29.0 Å². The molecule has 9 heteroatoms. The first-order chi connectivity index (χ1) is 11.9. The van der Waals surface area contributed by atoms with E-state index in [-0.39, 0.29) is 18.1 Å². The van der Waals surface area contributed by atoms with Crippen molar-refractivity contribution in [2.45, 2.75) is 13.5 Å². The average molecular weight is 364 g/mol. The van der Waals surface area contributed by atoms with Gasteiger partial charge < -0.3 is 9.80 Å². The summed E-state index contributed by atoms with van der Waals surface area (Å²) in [6.45, 7) is 3.19. The van der Waals surface area contributed by atoms with Crippen LogP contribution in [0.1, 0.15) is 11.3 Å². The minimum absolute atomic E-state index is 0.0403. The zero-order chi connectivity index (χ0) is 18.1. The molecular weight excluding hydrogens is 346 g/mol. The highest BCUT2D eigenvalue weighted by atomic mass is 35.5. The smallest absolute Gasteiger partial charge is 0.333 e. The molecule has 0 atom stereocenters. The van der Waals surface area contributed by atoms with Gasteiger partial charge in [-0.05, 0) is 24.6 Å². The summed E-state index contributed by atoms with van der Waals surface area (Å²) in [7, 11) is 1.65. The first-order valence-corrected chi connectivity index (χ1v) is 8.19. The first kappa shape index (κ1) is 17.2. The van der Waals surface area contributed by atoms with Crippen LogP contribution in [0, 0.1) is 17.0 Å². The number of anilines is 1. The van der Waals surface area contributed by atoms with E-state index in [0.29, 0.717) is 36.2 Å². The third kappa shape index (κ3) is 3.43. The van der Waals surface area contributed by atoms with Gasteiger partial charge in [-0.1, -0.05) is 23.7 Å². The number of hydrogen-bond acceptors (Lipinski definition) is 5. The predicted molar refractivity (Wildman–Crippen MR) is 93.7 cm³/mol. The summed E-state index contributed by atoms with van der Waals surface area (Å²) in [6.07, 6.45) is 0. The Morgan fingerprint density at radius 1 is 1.28 bits per heavy atom. The Kier molecular flexibility index (Phi) is 4.63. The molecule has 0 aliphatic carbocycles. The minimum atomic E-state index is -0.442. The fraction of sp³-hybridized carbons (Fsp3) is 0.375. The Balaban J connectivity index is 1.75. The fourth-order valence-corrected chi connectivity index (χ4v) is 3.20. The summed E-state index contributed by atoms with van der Waals surface area (Å²) in [5, 5.41) is 16.1. The number of carbonyl (C=O) groups is 1. The highest BCUT2D eigenvalue weighted by molar-refractivity contribution is 6.30. The number of carbonyl (C=O) groups excluding carboxylic acids is 1. The van der Waals surface area contributed by atoms with Gasteiger partial charge in [0.15, 0.2) is 0 Å². The lowest BCUT2D eigenvalue weighted by molar-refractivity contribution is -0.384. The average Bonchev–Trinajstić information content (AvgIpc) is 2.86. The largest absolute Gasteiger partial charge is 0.340 e. The van der Waals surface area contributed by atoms with Crippen molar-refractivity contribution in [3.05, 3.63) is 50.7 Å². The van der Waals surface area contributed by atoms with Crippen LogP contribution < -0.4 is 4.90 Å². The number of nitrogens with zero attached hydrogens (tertiary/aromatic N) is 5. The molecule has 0 unspecified atom stereocenters. The van der Waals surface area contributed by atoms with Crippen molar-refractivity contribution in [1.29, 1.82) is 0 Å². The van der Waals surface area contributed by atoms with E-state index in [0.717, 1.165) is 5.56 Å². The summed E-state index contributed by atoms with van der Waals surface area (Å²) in [6, 6.07) is 7.35. The third-order valence-electron chi connectivity index (χ3n) is 4.25. The second-order valence-electron chi connectivity index (χ2n) is 6.00. The van der Waals surface area contributed by atoms with Crippen LogP contribution in [-0.4, -0.2) is 45.1 Å². The van der Waals surface area contributed by atoms with Crippen LogP contribution in [0.15, 0.2) is 24.3 Å². The van der Waals surface area contributed by atoms with Gasteiger partial charge in [-0.15, -0.1) is 0 Å². The normalized spacial score (nSPS) is 14.9. The first-order valence-electron chi connectivity index (χ1n) is 7.82. The molecule has 25 heavy (non-hydrogen) atoms. The lowest BCUT2D eigenvalue weighted by atomic mass is 10.2. The number of aryl methyl sites for hydroxylation is 2. The molecule has 3 rings (SSSR count). The number of amides is 1. The molecule has 0 saturated carbocycles. The Labute approximate surface area is 149 Å². The maximum Gasteiger partial charge on any atom is 0.333 e. The van der Waals surface area contributed by atoms with Crippen molar-refractivity contribution in [1.82, 2.24) is 14.7 Å². The van der Waals surface area contributed by atoms with Gasteiger partial charge in [0.2, 0.25) is 11.7 Å². The molecule has 1 saturated heterocycles. The highest BCUT2D eigenvalue weighted by Gasteiger charge is 2.33. The molecule has 0 spiro atoms. The molecule has 0 N–H and O–H groups in total. The van der Waals surface area contributed by atoms with Gasteiger partial charge >= 0.3 is 5.69 Å². The van der Waals surface area contributed by atoms with Gasteiger partial charge in [-0.3, -0.25) is 14.9 Å². The highest BCUT2D eigenvalue weighted by Crippen LogP contribution is 2.31. The van der Waals surface area contributed by atoms with E-state index >= 15 is 0 Å². The van der Waals surface area contributed by atoms with Gasteiger partial charge in [0.25, 0.3) is 0 Å². The van der Waals surface area contributed by atoms with E-state index in [1.54, 1.807) is 35.9 Å². The third-order valence-corrected chi connectivity index (χ3v) is 4.50. The van der Waals surface area contributed by atoms with Crippen molar-refractivity contribution < 1.29 is 9.72 Å². The standard InChI is InChI=1S/C16H18ClN5O3/c1-11-15(22(24)25)16(19(2)18-11)21-8-7-20(14(23)10-21)9-12-3-5-13(17)6-4-12/h3-6H,7-10H2,1-2H3. The number of piperazine rings is 1. The lowest BCUT2D eigenvalue weighted by Crippen LogP contribution is -2.50. The lowest BCUT2D eigenvalue weighted by Gasteiger charge is -2.35. The van der Waals surface area contributed by atoms with E-state index < -0.39 is 4.92 Å². The van der Waals surface area contributed by atoms with Crippen LogP contribution in [0.2, 0.25) is 5.02 Å². The molecule has 8 nitrogen and oxygen atoms in total. The number of aromatic nitrogens is 2. The second-order valence-corrected chi connectivity index (χ2v) is 6.44. The van der Waals surface area contributed by atoms with Crippen molar-refractivity contribution in [2.75, 3.05) is 24.5 Å². The molecule has 2 heterocycles. The molecule has 2 aromatic rings. The number of halogens is 1. The molecule has 1 aliphatic heterocycles. The van der Waals surface area contributed by atoms with Gasteiger partial charge in [0, 0.05) is 31.7 Å². The summed E-state index contributed by atoms with van der Waals surface area (Å²) >= 11 is 5.88. The zero-order valence-electron chi connectivity index (χ0n) is 14.0. The van der Waals surface area contributed by atoms with Crippen molar-refractivity contribution in [3.63, 3.8) is 0 Å². The van der Waals surface area contributed by atoms with Crippen LogP contribution in [0.3, 0.4) is 0 Å². The molecular formula is C16H18ClN5O3. The molecule has 0 radical (unpaired) electrons. The van der Waals surface area contributed by atoms with Gasteiger partial charge in [0.1, 0.15) is 5.69 Å². The zero-order valence-corrected chi connectivity index (χ0v) is 14.7. The molecule has 0 bridgehead atoms. The second kappa shape index (κ2) is 6.72. The van der Waals surface area contributed by atoms with Crippen molar-refractivity contribution in [3.8, 4) is 0 Å². The van der Waals surface area contributed by atoms with E-state index in [4.69, 9.17) is 11.6 Å². The van der Waals surface area contributed by atoms with E-state index in [9.17, 15) is 14.9 Å². The van der Waals surface area contributed by atoms with E-state index in [1.807, 2.05) is 12.1 Å². The Bertz CT molecular complexity index is 818. The monoisotopic (exact) mass is 363 g/mol. The maximum absolute atomic E-state index is 12.5. The molecule has 1 aromatic carbocycles. The SMILES string of the molecule is Cc1nn(C)c(N2CCN(Cc3ccc(Cl)cc3)C(=O)C2)c1[N+](=O)[O-]. The van der Waals surface area contributed by atoms with Crippen molar-refractivity contribution in [2.24, 2.45) is 7.05 Å². The fourth-order valence-electron chi connectivity index (χ4n) is 3.07. The molecule has 1 fully saturated rings. The topological polar surface area (TPSA) is 84.5 Å². The van der Waals surface area contributed by atoms with Crippen LogP contribution >= 0.6 is 11.6 Å². The Hall–Kier alpha value is -2.61. The van der Waals surface area contributed by atoms with Crippen LogP contribution in [-0.2, 0) is 18.4 Å². The molecule has 1 amide bonds. The van der Waals surface area contributed by atoms with Crippen LogP contribution in [0.4, 0.5) is 11.5 Å². The molecule has 132 valence electrons. The van der Waals surface area contributed by atoms with E-state index in [2.05, 4.69) is 5.10 Å². The Morgan fingerprint density at radius 3 is 2.56 bits per heavy atom. The summed E-state index contributed by atoms with van der Waals surface area (Å²) < 4.78 is 1.47. The maximum atomic E-state index is 12.5. The number of benzene rings is 1. The number of nitro groups is 1. The number of hydrogen-bond donors (Lipinski definition) is 0. The molecule has 1 aliphatic rings. The summed E-state index contributed by atoms with van der Waals surface area (Å²) in [5.41, 5.74) is 1.30. The van der Waals surface area contributed by atoms with Gasteiger partial charge in [-0.2, -0.15) is 5.10 Å². The summed E-state index contributed by atoms with van der Waals surface area (Å²) in [4.78, 5) is 26.9. The van der Waals surface area contributed by atoms with Crippen LogP contribution in [0.5, 0.6) is 0 Å². The quantitative estimate of drug-likeness (QED) is 0.613. The molecule has 1 aromatic heterocycles. The van der Waals surface area contributed by atoms with Crippen LogP contribution in [0.25, 0.3) is 0 Å². The van der Waals surface area contributed by atoms with Gasteiger partial charge in [-0.25, -0.2) is 4.68 Å². The van der Waals surface area contributed by atoms with E-state index in [1.165, 1.54) is 4.68 Å². The minimum Gasteiger partial charge on any atom is -0.340 e. The van der Waals surface area contributed by atoms with Gasteiger partial charge in [0.05, 0.1) is 11.5 Å².